The average molecular weight is 184 g/mol. The summed E-state index contributed by atoms with van der Waals surface area (Å²) in [7, 11) is 0. The molecule has 1 heterocycles. The molecule has 1 aromatic carbocycles. The molecule has 14 heavy (non-hydrogen) atoms. The van der Waals surface area contributed by atoms with E-state index in [-0.39, 0.29) is 0 Å². The Morgan fingerprint density at radius 1 is 1.43 bits per heavy atom. The monoisotopic (exact) mass is 184 g/mol. The molecule has 0 saturated heterocycles. The van der Waals surface area contributed by atoms with Crippen LogP contribution in [0.15, 0.2) is 43.2 Å². The minimum Gasteiger partial charge on any atom is -0.240 e. The number of hydrogen-bond donors (Lipinski definition) is 0. The summed E-state index contributed by atoms with van der Waals surface area (Å²) in [4.78, 5) is 0. The van der Waals surface area contributed by atoms with Crippen LogP contribution in [0, 0.1) is 6.92 Å². The molecule has 2 rings (SSSR count). The van der Waals surface area contributed by atoms with Crippen molar-refractivity contribution in [2.75, 3.05) is 0 Å². The number of rotatable bonds is 2. The predicted molar refractivity (Wildman–Crippen MR) is 58.4 cm³/mol. The third-order valence-corrected chi connectivity index (χ3v) is 2.10. The van der Waals surface area contributed by atoms with Crippen LogP contribution < -0.4 is 0 Å². The second-order valence-electron chi connectivity index (χ2n) is 3.26. The van der Waals surface area contributed by atoms with E-state index >= 15 is 0 Å². The van der Waals surface area contributed by atoms with E-state index < -0.39 is 0 Å². The zero-order chi connectivity index (χ0) is 9.97. The third-order valence-electron chi connectivity index (χ3n) is 2.10. The lowest BCUT2D eigenvalue weighted by atomic mass is 10.2. The van der Waals surface area contributed by atoms with Gasteiger partial charge in [-0.3, -0.25) is 0 Å². The Morgan fingerprint density at radius 2 is 2.29 bits per heavy atom. The van der Waals surface area contributed by atoms with Crippen molar-refractivity contribution in [2.24, 2.45) is 0 Å². The fourth-order valence-corrected chi connectivity index (χ4v) is 1.35. The summed E-state index contributed by atoms with van der Waals surface area (Å²) >= 11 is 0. The van der Waals surface area contributed by atoms with Crippen molar-refractivity contribution in [3.05, 3.63) is 54.4 Å². The van der Waals surface area contributed by atoms with Crippen molar-refractivity contribution in [3.63, 3.8) is 0 Å². The van der Waals surface area contributed by atoms with Gasteiger partial charge in [-0.05, 0) is 24.6 Å². The first-order valence-corrected chi connectivity index (χ1v) is 4.54. The number of aromatic nitrogens is 2. The molecular weight excluding hydrogens is 172 g/mol. The van der Waals surface area contributed by atoms with Crippen LogP contribution in [0.25, 0.3) is 11.8 Å². The largest absolute Gasteiger partial charge is 0.240 e. The van der Waals surface area contributed by atoms with Gasteiger partial charge in [-0.25, -0.2) is 4.68 Å². The van der Waals surface area contributed by atoms with Gasteiger partial charge in [0.05, 0.1) is 11.9 Å². The molecule has 0 spiro atoms. The summed E-state index contributed by atoms with van der Waals surface area (Å²) in [6.45, 7) is 5.77. The molecule has 0 N–H and O–H groups in total. The quantitative estimate of drug-likeness (QED) is 0.701. The smallest absolute Gasteiger partial charge is 0.0648 e. The van der Waals surface area contributed by atoms with Crippen LogP contribution >= 0.6 is 0 Å². The summed E-state index contributed by atoms with van der Waals surface area (Å²) < 4.78 is 1.85. The fourth-order valence-electron chi connectivity index (χ4n) is 1.35. The number of aryl methyl sites for hydroxylation is 1. The SMILES string of the molecule is C=Cc1cnn(-c2cccc(C)c2)c1. The van der Waals surface area contributed by atoms with Crippen LogP contribution in [0.1, 0.15) is 11.1 Å². The lowest BCUT2D eigenvalue weighted by molar-refractivity contribution is 0.879. The molecule has 0 unspecified atom stereocenters. The average Bonchev–Trinajstić information content (AvgIpc) is 2.66. The summed E-state index contributed by atoms with van der Waals surface area (Å²) in [6.07, 6.45) is 5.55. The molecule has 0 amide bonds. The Morgan fingerprint density at radius 3 is 2.93 bits per heavy atom. The van der Waals surface area contributed by atoms with Gasteiger partial charge < -0.3 is 0 Å². The molecule has 0 radical (unpaired) electrons. The summed E-state index contributed by atoms with van der Waals surface area (Å²) in [5.41, 5.74) is 3.35. The van der Waals surface area contributed by atoms with Crippen LogP contribution in [0.4, 0.5) is 0 Å². The molecule has 0 aliphatic heterocycles. The molecular formula is C12H12N2. The van der Waals surface area contributed by atoms with E-state index in [0.717, 1.165) is 11.3 Å². The Bertz CT molecular complexity index is 455. The first-order valence-electron chi connectivity index (χ1n) is 4.54. The molecule has 1 aromatic heterocycles. The van der Waals surface area contributed by atoms with Gasteiger partial charge in [-0.15, -0.1) is 0 Å². The second-order valence-corrected chi connectivity index (χ2v) is 3.26. The molecule has 0 aliphatic rings. The van der Waals surface area contributed by atoms with Crippen LogP contribution in [0.5, 0.6) is 0 Å². The van der Waals surface area contributed by atoms with E-state index in [1.165, 1.54) is 5.56 Å². The Balaban J connectivity index is 2.43. The normalized spacial score (nSPS) is 10.1. The van der Waals surface area contributed by atoms with Crippen LogP contribution in [-0.4, -0.2) is 9.78 Å². The molecule has 70 valence electrons. The zero-order valence-corrected chi connectivity index (χ0v) is 8.14. The van der Waals surface area contributed by atoms with Crippen LogP contribution in [-0.2, 0) is 0 Å². The van der Waals surface area contributed by atoms with Crippen LogP contribution in [0.2, 0.25) is 0 Å². The molecule has 0 aliphatic carbocycles. The zero-order valence-electron chi connectivity index (χ0n) is 8.14. The minimum absolute atomic E-state index is 1.03. The van der Waals surface area contributed by atoms with Crippen molar-refractivity contribution in [1.82, 2.24) is 9.78 Å². The van der Waals surface area contributed by atoms with Crippen molar-refractivity contribution in [1.29, 1.82) is 0 Å². The van der Waals surface area contributed by atoms with Gasteiger partial charge in [0, 0.05) is 11.8 Å². The van der Waals surface area contributed by atoms with E-state index in [1.54, 1.807) is 12.3 Å². The molecule has 0 saturated carbocycles. The first-order chi connectivity index (χ1) is 6.79. The highest BCUT2D eigenvalue weighted by atomic mass is 15.3. The third kappa shape index (κ3) is 1.59. The maximum absolute atomic E-state index is 4.24. The lowest BCUT2D eigenvalue weighted by Crippen LogP contribution is -1.93. The van der Waals surface area contributed by atoms with E-state index in [4.69, 9.17) is 0 Å². The molecule has 0 atom stereocenters. The van der Waals surface area contributed by atoms with Crippen molar-refractivity contribution >= 4 is 6.08 Å². The van der Waals surface area contributed by atoms with Gasteiger partial charge in [0.1, 0.15) is 0 Å². The van der Waals surface area contributed by atoms with E-state index in [1.807, 2.05) is 23.0 Å². The van der Waals surface area contributed by atoms with Gasteiger partial charge in [0.15, 0.2) is 0 Å². The number of nitrogens with zero attached hydrogens (tertiary/aromatic N) is 2. The summed E-state index contributed by atoms with van der Waals surface area (Å²) in [5, 5.41) is 4.24. The molecule has 2 nitrogen and oxygen atoms in total. The van der Waals surface area contributed by atoms with Crippen molar-refractivity contribution < 1.29 is 0 Å². The highest BCUT2D eigenvalue weighted by Crippen LogP contribution is 2.10. The standard InChI is InChI=1S/C12H12N2/c1-3-11-8-13-14(9-11)12-6-4-5-10(2)7-12/h3-9H,1H2,2H3. The van der Waals surface area contributed by atoms with Crippen molar-refractivity contribution in [2.45, 2.75) is 6.92 Å². The van der Waals surface area contributed by atoms with Crippen molar-refractivity contribution in [3.8, 4) is 5.69 Å². The highest BCUT2D eigenvalue weighted by molar-refractivity contribution is 5.45. The fraction of sp³-hybridized carbons (Fsp3) is 0.0833. The van der Waals surface area contributed by atoms with E-state index in [9.17, 15) is 0 Å². The first kappa shape index (κ1) is 8.75. The van der Waals surface area contributed by atoms with E-state index in [2.05, 4.69) is 30.7 Å². The minimum atomic E-state index is 1.03. The Kier molecular flexibility index (Phi) is 2.19. The number of benzene rings is 1. The Labute approximate surface area is 83.5 Å². The summed E-state index contributed by atoms with van der Waals surface area (Å²) in [6, 6.07) is 8.23. The highest BCUT2D eigenvalue weighted by Gasteiger charge is 1.97. The van der Waals surface area contributed by atoms with Crippen LogP contribution in [0.3, 0.4) is 0 Å². The number of hydrogen-bond acceptors (Lipinski definition) is 1. The topological polar surface area (TPSA) is 17.8 Å². The summed E-state index contributed by atoms with van der Waals surface area (Å²) in [5.74, 6) is 0. The van der Waals surface area contributed by atoms with Gasteiger partial charge >= 0.3 is 0 Å². The van der Waals surface area contributed by atoms with Gasteiger partial charge in [-0.2, -0.15) is 5.10 Å². The molecule has 2 aromatic rings. The van der Waals surface area contributed by atoms with Gasteiger partial charge in [0.25, 0.3) is 0 Å². The van der Waals surface area contributed by atoms with Gasteiger partial charge in [0.2, 0.25) is 0 Å². The second kappa shape index (κ2) is 3.50. The maximum atomic E-state index is 4.24. The molecule has 2 heteroatoms. The molecule has 0 fully saturated rings. The Hall–Kier alpha value is -1.83. The maximum Gasteiger partial charge on any atom is 0.0648 e. The van der Waals surface area contributed by atoms with E-state index in [0.29, 0.717) is 0 Å². The lowest BCUT2D eigenvalue weighted by Gasteiger charge is -2.01. The van der Waals surface area contributed by atoms with Gasteiger partial charge in [-0.1, -0.05) is 24.8 Å². The predicted octanol–water partition coefficient (Wildman–Crippen LogP) is 2.82. The molecule has 0 bridgehead atoms.